The first-order valence-corrected chi connectivity index (χ1v) is 10.0. The van der Waals surface area contributed by atoms with Crippen LogP contribution in [0.5, 0.6) is 0 Å². The molecular formula is C16H32N2O3S. The van der Waals surface area contributed by atoms with Crippen LogP contribution in [0.15, 0.2) is 0 Å². The minimum absolute atomic E-state index is 0.194. The van der Waals surface area contributed by atoms with Crippen molar-refractivity contribution in [3.05, 3.63) is 0 Å². The van der Waals surface area contributed by atoms with Gasteiger partial charge in [-0.25, -0.2) is 8.42 Å². The standard InChI is InChI=1S/C16H32N2O3S/c1-13(2)15(16(19)17-11-8-12-18(3)4)22(20,21)14-9-6-5-7-10-14/h13-15H,5-12H2,1-4H3,(H,17,19). The summed E-state index contributed by atoms with van der Waals surface area (Å²) in [5, 5.41) is 1.58. The van der Waals surface area contributed by atoms with Crippen LogP contribution in [0.3, 0.4) is 0 Å². The highest BCUT2D eigenvalue weighted by Gasteiger charge is 2.40. The van der Waals surface area contributed by atoms with E-state index in [4.69, 9.17) is 0 Å². The SMILES string of the molecule is CC(C)C(C(=O)NCCCN(C)C)S(=O)(=O)C1CCCCC1. The number of sulfone groups is 1. The van der Waals surface area contributed by atoms with Gasteiger partial charge in [0.25, 0.3) is 0 Å². The fourth-order valence-corrected chi connectivity index (χ4v) is 5.69. The maximum absolute atomic E-state index is 12.8. The van der Waals surface area contributed by atoms with E-state index in [1.54, 1.807) is 0 Å². The first-order valence-electron chi connectivity index (χ1n) is 8.42. The molecule has 1 N–H and O–H groups in total. The summed E-state index contributed by atoms with van der Waals surface area (Å²) in [6.07, 6.45) is 5.26. The highest BCUT2D eigenvalue weighted by molar-refractivity contribution is 7.93. The average Bonchev–Trinajstić information content (AvgIpc) is 2.43. The second kappa shape index (κ2) is 8.87. The molecule has 1 saturated carbocycles. The summed E-state index contributed by atoms with van der Waals surface area (Å²) in [6.45, 7) is 5.05. The van der Waals surface area contributed by atoms with Crippen molar-refractivity contribution in [3.63, 3.8) is 0 Å². The van der Waals surface area contributed by atoms with Crippen LogP contribution in [0.4, 0.5) is 0 Å². The number of hydrogen-bond acceptors (Lipinski definition) is 4. The van der Waals surface area contributed by atoms with Crippen LogP contribution in [0, 0.1) is 5.92 Å². The van der Waals surface area contributed by atoms with Gasteiger partial charge in [-0.05, 0) is 45.8 Å². The second-order valence-corrected chi connectivity index (χ2v) is 9.31. The van der Waals surface area contributed by atoms with E-state index < -0.39 is 15.1 Å². The highest BCUT2D eigenvalue weighted by Crippen LogP contribution is 2.29. The van der Waals surface area contributed by atoms with Crippen LogP contribution in [-0.4, -0.2) is 56.9 Å². The van der Waals surface area contributed by atoms with Gasteiger partial charge in [0.15, 0.2) is 9.84 Å². The summed E-state index contributed by atoms with van der Waals surface area (Å²) >= 11 is 0. The third kappa shape index (κ3) is 5.54. The summed E-state index contributed by atoms with van der Waals surface area (Å²) in [7, 11) is 0.558. The Bertz CT molecular complexity index is 440. The van der Waals surface area contributed by atoms with Crippen molar-refractivity contribution in [2.24, 2.45) is 5.92 Å². The molecule has 1 aliphatic carbocycles. The molecule has 1 fully saturated rings. The summed E-state index contributed by atoms with van der Waals surface area (Å²) in [6, 6.07) is 0. The van der Waals surface area contributed by atoms with Crippen LogP contribution in [0.2, 0.25) is 0 Å². The molecule has 1 amide bonds. The Morgan fingerprint density at radius 3 is 2.27 bits per heavy atom. The van der Waals surface area contributed by atoms with Crippen LogP contribution in [0.25, 0.3) is 0 Å². The topological polar surface area (TPSA) is 66.5 Å². The lowest BCUT2D eigenvalue weighted by atomic mass is 10.0. The summed E-state index contributed by atoms with van der Waals surface area (Å²) < 4.78 is 25.7. The Labute approximate surface area is 135 Å². The zero-order chi connectivity index (χ0) is 16.8. The van der Waals surface area contributed by atoms with Crippen molar-refractivity contribution in [2.45, 2.75) is 62.9 Å². The zero-order valence-electron chi connectivity index (χ0n) is 14.5. The van der Waals surface area contributed by atoms with E-state index in [-0.39, 0.29) is 17.1 Å². The lowest BCUT2D eigenvalue weighted by molar-refractivity contribution is -0.121. The molecule has 0 radical (unpaired) electrons. The van der Waals surface area contributed by atoms with Gasteiger partial charge < -0.3 is 10.2 Å². The molecule has 1 rings (SSSR count). The summed E-state index contributed by atoms with van der Waals surface area (Å²) in [4.78, 5) is 14.5. The fourth-order valence-electron chi connectivity index (χ4n) is 3.14. The predicted molar refractivity (Wildman–Crippen MR) is 90.6 cm³/mol. The molecule has 0 aromatic heterocycles. The molecule has 22 heavy (non-hydrogen) atoms. The molecule has 5 nitrogen and oxygen atoms in total. The summed E-state index contributed by atoms with van der Waals surface area (Å²) in [5.41, 5.74) is 0. The number of nitrogens with zero attached hydrogens (tertiary/aromatic N) is 1. The van der Waals surface area contributed by atoms with E-state index in [9.17, 15) is 13.2 Å². The van der Waals surface area contributed by atoms with E-state index in [1.807, 2.05) is 32.8 Å². The molecule has 1 aliphatic rings. The molecule has 0 aliphatic heterocycles. The number of carbonyl (C=O) groups is 1. The van der Waals surface area contributed by atoms with Gasteiger partial charge in [-0.2, -0.15) is 0 Å². The quantitative estimate of drug-likeness (QED) is 0.689. The Balaban J connectivity index is 2.68. The lowest BCUT2D eigenvalue weighted by Gasteiger charge is -2.28. The van der Waals surface area contributed by atoms with E-state index in [0.717, 1.165) is 32.2 Å². The number of hydrogen-bond donors (Lipinski definition) is 1. The minimum Gasteiger partial charge on any atom is -0.355 e. The van der Waals surface area contributed by atoms with Gasteiger partial charge in [-0.3, -0.25) is 4.79 Å². The molecule has 0 saturated heterocycles. The van der Waals surface area contributed by atoms with E-state index in [1.165, 1.54) is 0 Å². The van der Waals surface area contributed by atoms with Crippen LogP contribution in [-0.2, 0) is 14.6 Å². The molecule has 0 heterocycles. The molecule has 1 atom stereocenters. The highest BCUT2D eigenvalue weighted by atomic mass is 32.2. The molecule has 0 bridgehead atoms. The zero-order valence-corrected chi connectivity index (χ0v) is 15.3. The smallest absolute Gasteiger partial charge is 0.238 e. The molecular weight excluding hydrogens is 300 g/mol. The lowest BCUT2D eigenvalue weighted by Crippen LogP contribution is -2.47. The second-order valence-electron chi connectivity index (χ2n) is 6.96. The van der Waals surface area contributed by atoms with Gasteiger partial charge in [0, 0.05) is 6.54 Å². The molecule has 1 unspecified atom stereocenters. The van der Waals surface area contributed by atoms with Crippen molar-refractivity contribution in [2.75, 3.05) is 27.2 Å². The third-order valence-electron chi connectivity index (χ3n) is 4.32. The van der Waals surface area contributed by atoms with Crippen molar-refractivity contribution in [1.29, 1.82) is 0 Å². The van der Waals surface area contributed by atoms with Crippen molar-refractivity contribution >= 4 is 15.7 Å². The average molecular weight is 333 g/mol. The predicted octanol–water partition coefficient (Wildman–Crippen LogP) is 1.83. The third-order valence-corrected chi connectivity index (χ3v) is 7.18. The number of amides is 1. The van der Waals surface area contributed by atoms with Gasteiger partial charge in [0.2, 0.25) is 5.91 Å². The number of nitrogens with one attached hydrogen (secondary N) is 1. The monoisotopic (exact) mass is 332 g/mol. The molecule has 0 spiro atoms. The fraction of sp³-hybridized carbons (Fsp3) is 0.938. The van der Waals surface area contributed by atoms with Gasteiger partial charge in [0.05, 0.1) is 5.25 Å². The van der Waals surface area contributed by atoms with E-state index in [2.05, 4.69) is 5.32 Å². The van der Waals surface area contributed by atoms with Crippen molar-refractivity contribution in [3.8, 4) is 0 Å². The molecule has 130 valence electrons. The molecule has 0 aromatic carbocycles. The van der Waals surface area contributed by atoms with Gasteiger partial charge in [-0.15, -0.1) is 0 Å². The maximum atomic E-state index is 12.8. The van der Waals surface area contributed by atoms with Gasteiger partial charge in [0.1, 0.15) is 5.25 Å². The number of rotatable bonds is 8. The largest absolute Gasteiger partial charge is 0.355 e. The summed E-state index contributed by atoms with van der Waals surface area (Å²) in [5.74, 6) is -0.514. The maximum Gasteiger partial charge on any atom is 0.238 e. The van der Waals surface area contributed by atoms with E-state index >= 15 is 0 Å². The Kier molecular flexibility index (Phi) is 7.83. The first kappa shape index (κ1) is 19.4. The van der Waals surface area contributed by atoms with E-state index in [0.29, 0.717) is 19.4 Å². The molecule has 0 aromatic rings. The van der Waals surface area contributed by atoms with Gasteiger partial charge >= 0.3 is 0 Å². The Morgan fingerprint density at radius 1 is 1.18 bits per heavy atom. The number of carbonyl (C=O) groups excluding carboxylic acids is 1. The first-order chi connectivity index (χ1) is 10.3. The molecule has 6 heteroatoms. The van der Waals surface area contributed by atoms with Crippen molar-refractivity contribution in [1.82, 2.24) is 10.2 Å². The van der Waals surface area contributed by atoms with Crippen LogP contribution < -0.4 is 5.32 Å². The van der Waals surface area contributed by atoms with Crippen LogP contribution >= 0.6 is 0 Å². The van der Waals surface area contributed by atoms with Crippen LogP contribution in [0.1, 0.15) is 52.4 Å². The Hall–Kier alpha value is -0.620. The van der Waals surface area contributed by atoms with Crippen molar-refractivity contribution < 1.29 is 13.2 Å². The van der Waals surface area contributed by atoms with Gasteiger partial charge in [-0.1, -0.05) is 33.1 Å². The minimum atomic E-state index is -3.40. The Morgan fingerprint density at radius 2 is 1.77 bits per heavy atom. The normalized spacial score (nSPS) is 18.6.